The van der Waals surface area contributed by atoms with Gasteiger partial charge in [0, 0.05) is 32.6 Å². The van der Waals surface area contributed by atoms with Crippen LogP contribution in [0.1, 0.15) is 46.0 Å². The number of hydrogen-bond donors (Lipinski definition) is 2. The number of carbonyl (C=O) groups excluding carboxylic acids is 2. The van der Waals surface area contributed by atoms with Crippen LogP contribution in [0.3, 0.4) is 0 Å². The van der Waals surface area contributed by atoms with Crippen molar-refractivity contribution in [3.05, 3.63) is 0 Å². The number of amides is 2. The zero-order chi connectivity index (χ0) is 14.5. The van der Waals surface area contributed by atoms with Crippen LogP contribution in [-0.4, -0.2) is 48.4 Å². The summed E-state index contributed by atoms with van der Waals surface area (Å²) in [6.45, 7) is 5.91. The molecule has 1 aliphatic carbocycles. The van der Waals surface area contributed by atoms with Gasteiger partial charge >= 0.3 is 0 Å². The molecule has 2 rings (SSSR count). The lowest BCUT2D eigenvalue weighted by atomic mass is 9.83. The largest absolute Gasteiger partial charge is 0.344 e. The Labute approximate surface area is 121 Å². The van der Waals surface area contributed by atoms with Crippen LogP contribution in [-0.2, 0) is 9.59 Å². The molecule has 1 unspecified atom stereocenters. The first kappa shape index (κ1) is 15.3. The maximum absolute atomic E-state index is 12.8. The van der Waals surface area contributed by atoms with E-state index in [2.05, 4.69) is 17.6 Å². The second kappa shape index (κ2) is 7.07. The Morgan fingerprint density at radius 2 is 1.95 bits per heavy atom. The molecule has 0 aromatic carbocycles. The summed E-state index contributed by atoms with van der Waals surface area (Å²) in [5.74, 6) is 0.322. The van der Waals surface area contributed by atoms with Crippen LogP contribution in [0.2, 0.25) is 0 Å². The molecule has 5 nitrogen and oxygen atoms in total. The van der Waals surface area contributed by atoms with Crippen molar-refractivity contribution in [2.45, 2.75) is 58.0 Å². The fourth-order valence-electron chi connectivity index (χ4n) is 3.40. The first-order chi connectivity index (χ1) is 9.58. The first-order valence-electron chi connectivity index (χ1n) is 7.87. The minimum atomic E-state index is -0.321. The van der Waals surface area contributed by atoms with Gasteiger partial charge in [-0.05, 0) is 25.7 Å². The Morgan fingerprint density at radius 3 is 2.55 bits per heavy atom. The van der Waals surface area contributed by atoms with Crippen molar-refractivity contribution < 1.29 is 9.59 Å². The van der Waals surface area contributed by atoms with Crippen molar-refractivity contribution in [3.63, 3.8) is 0 Å². The molecule has 20 heavy (non-hydrogen) atoms. The van der Waals surface area contributed by atoms with Crippen LogP contribution in [0.4, 0.5) is 0 Å². The molecule has 1 saturated carbocycles. The van der Waals surface area contributed by atoms with Crippen LogP contribution in [0.5, 0.6) is 0 Å². The average molecular weight is 281 g/mol. The molecule has 0 radical (unpaired) electrons. The molecule has 2 amide bonds. The minimum absolute atomic E-state index is 0.0999. The predicted molar refractivity (Wildman–Crippen MR) is 78.2 cm³/mol. The number of nitrogens with zero attached hydrogens (tertiary/aromatic N) is 1. The van der Waals surface area contributed by atoms with E-state index in [1.165, 1.54) is 26.2 Å². The van der Waals surface area contributed by atoms with Crippen LogP contribution < -0.4 is 10.6 Å². The maximum Gasteiger partial charge on any atom is 0.245 e. The fraction of sp³-hybridized carbons (Fsp3) is 0.867. The molecule has 114 valence electrons. The van der Waals surface area contributed by atoms with Gasteiger partial charge in [0.25, 0.3) is 0 Å². The highest BCUT2D eigenvalue weighted by atomic mass is 16.2. The SMILES string of the molecule is CC(=O)NC(C(=O)N1CCN[C@@H](C)C1)C1CCCCC1. The second-order valence-corrected chi connectivity index (χ2v) is 6.22. The Bertz CT molecular complexity index is 353. The molecular formula is C15H27N3O2. The molecule has 5 heteroatoms. The quantitative estimate of drug-likeness (QED) is 0.808. The maximum atomic E-state index is 12.8. The summed E-state index contributed by atoms with van der Waals surface area (Å²) in [5, 5.41) is 6.26. The lowest BCUT2D eigenvalue weighted by Gasteiger charge is -2.37. The summed E-state index contributed by atoms with van der Waals surface area (Å²) in [6, 6.07) is 0.00938. The van der Waals surface area contributed by atoms with Gasteiger partial charge in [-0.15, -0.1) is 0 Å². The van der Waals surface area contributed by atoms with E-state index in [0.717, 1.165) is 32.5 Å². The molecule has 1 saturated heterocycles. The number of hydrogen-bond acceptors (Lipinski definition) is 3. The summed E-state index contributed by atoms with van der Waals surface area (Å²) >= 11 is 0. The van der Waals surface area contributed by atoms with Gasteiger partial charge in [0.1, 0.15) is 6.04 Å². The Morgan fingerprint density at radius 1 is 1.25 bits per heavy atom. The highest BCUT2D eigenvalue weighted by Gasteiger charge is 2.34. The topological polar surface area (TPSA) is 61.4 Å². The third kappa shape index (κ3) is 3.95. The van der Waals surface area contributed by atoms with Gasteiger partial charge in [0.15, 0.2) is 0 Å². The highest BCUT2D eigenvalue weighted by molar-refractivity contribution is 5.87. The van der Waals surface area contributed by atoms with E-state index >= 15 is 0 Å². The minimum Gasteiger partial charge on any atom is -0.344 e. The molecule has 0 bridgehead atoms. The molecular weight excluding hydrogens is 254 g/mol. The molecule has 0 spiro atoms. The van der Waals surface area contributed by atoms with Crippen molar-refractivity contribution >= 4 is 11.8 Å². The zero-order valence-corrected chi connectivity index (χ0v) is 12.7. The zero-order valence-electron chi connectivity index (χ0n) is 12.7. The Kier molecular flexibility index (Phi) is 5.40. The average Bonchev–Trinajstić information content (AvgIpc) is 2.45. The molecule has 2 aliphatic rings. The van der Waals surface area contributed by atoms with Crippen molar-refractivity contribution in [1.29, 1.82) is 0 Å². The van der Waals surface area contributed by atoms with Crippen LogP contribution in [0, 0.1) is 5.92 Å². The summed E-state index contributed by atoms with van der Waals surface area (Å²) in [4.78, 5) is 26.1. The number of carbonyl (C=O) groups is 2. The van der Waals surface area contributed by atoms with E-state index in [1.54, 1.807) is 0 Å². The molecule has 1 heterocycles. The van der Waals surface area contributed by atoms with Crippen molar-refractivity contribution in [2.24, 2.45) is 5.92 Å². The van der Waals surface area contributed by atoms with Crippen molar-refractivity contribution in [2.75, 3.05) is 19.6 Å². The van der Waals surface area contributed by atoms with Crippen molar-refractivity contribution in [3.8, 4) is 0 Å². The normalized spacial score (nSPS) is 26.1. The predicted octanol–water partition coefficient (Wildman–Crippen LogP) is 0.892. The Balaban J connectivity index is 2.04. The second-order valence-electron chi connectivity index (χ2n) is 6.22. The summed E-state index contributed by atoms with van der Waals surface area (Å²) in [6.07, 6.45) is 5.71. The van der Waals surface area contributed by atoms with Gasteiger partial charge in [0.2, 0.25) is 11.8 Å². The summed E-state index contributed by atoms with van der Waals surface area (Å²) in [5.41, 5.74) is 0. The van der Waals surface area contributed by atoms with Gasteiger partial charge < -0.3 is 15.5 Å². The van der Waals surface area contributed by atoms with Crippen molar-refractivity contribution in [1.82, 2.24) is 15.5 Å². The molecule has 2 fully saturated rings. The summed E-state index contributed by atoms with van der Waals surface area (Å²) < 4.78 is 0. The van der Waals surface area contributed by atoms with Crippen LogP contribution in [0.15, 0.2) is 0 Å². The molecule has 0 aromatic heterocycles. The van der Waals surface area contributed by atoms with Gasteiger partial charge in [-0.3, -0.25) is 9.59 Å². The number of piperazine rings is 1. The van der Waals surface area contributed by atoms with Crippen LogP contribution in [0.25, 0.3) is 0 Å². The van der Waals surface area contributed by atoms with Gasteiger partial charge in [-0.1, -0.05) is 19.3 Å². The standard InChI is InChI=1S/C15H27N3O2/c1-11-10-18(9-8-16-11)15(20)14(17-12(2)19)13-6-4-3-5-7-13/h11,13-14,16H,3-10H2,1-2H3,(H,17,19)/t11-,14?/m0/s1. The van der Waals surface area contributed by atoms with E-state index in [0.29, 0.717) is 12.0 Å². The molecule has 0 aromatic rings. The summed E-state index contributed by atoms with van der Waals surface area (Å²) in [7, 11) is 0. The van der Waals surface area contributed by atoms with E-state index in [9.17, 15) is 9.59 Å². The third-order valence-electron chi connectivity index (χ3n) is 4.43. The van der Waals surface area contributed by atoms with E-state index < -0.39 is 0 Å². The Hall–Kier alpha value is -1.10. The molecule has 2 N–H and O–H groups in total. The monoisotopic (exact) mass is 281 g/mol. The van der Waals surface area contributed by atoms with Gasteiger partial charge in [0.05, 0.1) is 0 Å². The molecule has 1 aliphatic heterocycles. The first-order valence-corrected chi connectivity index (χ1v) is 7.87. The number of rotatable bonds is 3. The highest BCUT2D eigenvalue weighted by Crippen LogP contribution is 2.27. The van der Waals surface area contributed by atoms with E-state index in [1.807, 2.05) is 4.90 Å². The third-order valence-corrected chi connectivity index (χ3v) is 4.43. The van der Waals surface area contributed by atoms with E-state index in [-0.39, 0.29) is 17.9 Å². The lowest BCUT2D eigenvalue weighted by Crippen LogP contribution is -2.58. The fourth-order valence-corrected chi connectivity index (χ4v) is 3.40. The van der Waals surface area contributed by atoms with Gasteiger partial charge in [-0.2, -0.15) is 0 Å². The van der Waals surface area contributed by atoms with Gasteiger partial charge in [-0.25, -0.2) is 0 Å². The molecule has 2 atom stereocenters. The number of nitrogens with one attached hydrogen (secondary N) is 2. The van der Waals surface area contributed by atoms with E-state index in [4.69, 9.17) is 0 Å². The smallest absolute Gasteiger partial charge is 0.245 e. The van der Waals surface area contributed by atoms with Crippen LogP contribution >= 0.6 is 0 Å². The lowest BCUT2D eigenvalue weighted by molar-refractivity contribution is -0.139.